The molecule has 0 saturated carbocycles. The van der Waals surface area contributed by atoms with Crippen molar-refractivity contribution in [3.8, 4) is 5.75 Å². The number of aryl methyl sites for hydroxylation is 2. The molecule has 0 spiro atoms. The summed E-state index contributed by atoms with van der Waals surface area (Å²) < 4.78 is 5.53. The summed E-state index contributed by atoms with van der Waals surface area (Å²) in [4.78, 5) is 12.1. The predicted octanol–water partition coefficient (Wildman–Crippen LogP) is 1.45. The van der Waals surface area contributed by atoms with Gasteiger partial charge in [-0.2, -0.15) is 0 Å². The lowest BCUT2D eigenvalue weighted by Gasteiger charge is -2.14. The maximum atomic E-state index is 12.1. The molecule has 2 atom stereocenters. The van der Waals surface area contributed by atoms with Gasteiger partial charge in [0, 0.05) is 6.54 Å². The van der Waals surface area contributed by atoms with Gasteiger partial charge in [0.25, 0.3) is 5.91 Å². The number of hydrogen-bond acceptors (Lipinski definition) is 4. The zero-order valence-corrected chi connectivity index (χ0v) is 11.3. The first-order valence-corrected chi connectivity index (χ1v) is 6.48. The summed E-state index contributed by atoms with van der Waals surface area (Å²) in [6.07, 6.45) is 0.949. The monoisotopic (exact) mass is 264 g/mol. The Hall–Kier alpha value is -1.59. The highest BCUT2D eigenvalue weighted by molar-refractivity contribution is 5.95. The smallest absolute Gasteiger partial charge is 0.253 e. The molecule has 1 amide bonds. The lowest BCUT2D eigenvalue weighted by Crippen LogP contribution is -2.29. The molecular formula is C14H20N2O3. The molecule has 0 radical (unpaired) electrons. The van der Waals surface area contributed by atoms with Gasteiger partial charge in [-0.15, -0.1) is 0 Å². The van der Waals surface area contributed by atoms with Gasteiger partial charge in [-0.25, -0.2) is 0 Å². The number of phenols is 1. The third kappa shape index (κ3) is 3.05. The zero-order valence-electron chi connectivity index (χ0n) is 11.3. The van der Waals surface area contributed by atoms with Gasteiger partial charge in [-0.3, -0.25) is 4.79 Å². The van der Waals surface area contributed by atoms with E-state index in [9.17, 15) is 9.90 Å². The van der Waals surface area contributed by atoms with Gasteiger partial charge >= 0.3 is 0 Å². The number of carbonyl (C=O) groups excluding carboxylic acids is 1. The van der Waals surface area contributed by atoms with Crippen molar-refractivity contribution in [2.24, 2.45) is 5.73 Å². The number of amides is 1. The van der Waals surface area contributed by atoms with E-state index in [1.165, 1.54) is 0 Å². The Balaban J connectivity index is 2.07. The fourth-order valence-electron chi connectivity index (χ4n) is 2.34. The van der Waals surface area contributed by atoms with Gasteiger partial charge in [-0.05, 0) is 43.9 Å². The molecule has 1 aromatic carbocycles. The van der Waals surface area contributed by atoms with Crippen LogP contribution in [0.25, 0.3) is 0 Å². The van der Waals surface area contributed by atoms with Crippen LogP contribution >= 0.6 is 0 Å². The van der Waals surface area contributed by atoms with Gasteiger partial charge in [0.15, 0.2) is 0 Å². The molecule has 1 aromatic rings. The first kappa shape index (κ1) is 13.8. The van der Waals surface area contributed by atoms with E-state index in [2.05, 4.69) is 5.32 Å². The second kappa shape index (κ2) is 5.59. The summed E-state index contributed by atoms with van der Waals surface area (Å²) in [5, 5.41) is 12.7. The summed E-state index contributed by atoms with van der Waals surface area (Å²) in [7, 11) is 0. The van der Waals surface area contributed by atoms with Gasteiger partial charge < -0.3 is 20.9 Å². The van der Waals surface area contributed by atoms with Crippen molar-refractivity contribution in [1.82, 2.24) is 0 Å². The van der Waals surface area contributed by atoms with Crippen molar-refractivity contribution in [3.63, 3.8) is 0 Å². The van der Waals surface area contributed by atoms with E-state index < -0.39 is 6.10 Å². The number of nitrogens with two attached hydrogens (primary N) is 1. The number of benzene rings is 1. The number of carbonyl (C=O) groups is 1. The van der Waals surface area contributed by atoms with Gasteiger partial charge in [0.05, 0.1) is 11.8 Å². The normalized spacial score (nSPS) is 22.5. The van der Waals surface area contributed by atoms with Gasteiger partial charge in [-0.1, -0.05) is 6.07 Å². The van der Waals surface area contributed by atoms with Crippen LogP contribution in [-0.2, 0) is 9.53 Å². The molecule has 1 aliphatic heterocycles. The lowest BCUT2D eigenvalue weighted by molar-refractivity contribution is -0.126. The average molecular weight is 264 g/mol. The van der Waals surface area contributed by atoms with Crippen molar-refractivity contribution < 1.29 is 14.6 Å². The summed E-state index contributed by atoms with van der Waals surface area (Å²) in [6, 6.07) is 3.61. The van der Waals surface area contributed by atoms with Crippen molar-refractivity contribution in [2.75, 3.05) is 11.9 Å². The summed E-state index contributed by atoms with van der Waals surface area (Å²) in [6.45, 7) is 4.14. The first-order chi connectivity index (χ1) is 9.01. The molecule has 5 heteroatoms. The molecular weight excluding hydrogens is 244 g/mol. The molecule has 19 heavy (non-hydrogen) atoms. The summed E-state index contributed by atoms with van der Waals surface area (Å²) >= 11 is 0. The second-order valence-electron chi connectivity index (χ2n) is 5.03. The van der Waals surface area contributed by atoms with E-state index in [4.69, 9.17) is 10.5 Å². The van der Waals surface area contributed by atoms with Crippen LogP contribution in [-0.4, -0.2) is 29.8 Å². The molecule has 1 saturated heterocycles. The molecule has 4 N–H and O–H groups in total. The highest BCUT2D eigenvalue weighted by Gasteiger charge is 2.30. The van der Waals surface area contributed by atoms with E-state index in [-0.39, 0.29) is 17.8 Å². The molecule has 104 valence electrons. The topological polar surface area (TPSA) is 84.6 Å². The Kier molecular flexibility index (Phi) is 4.07. The molecule has 2 unspecified atom stereocenters. The molecule has 1 aliphatic rings. The fourth-order valence-corrected chi connectivity index (χ4v) is 2.34. The maximum absolute atomic E-state index is 12.1. The minimum Gasteiger partial charge on any atom is -0.505 e. The third-order valence-electron chi connectivity index (χ3n) is 3.37. The van der Waals surface area contributed by atoms with Crippen molar-refractivity contribution in [3.05, 3.63) is 23.3 Å². The minimum atomic E-state index is -0.478. The SMILES string of the molecule is Cc1cc(C)c(O)c(NC(=O)C2CCC(CN)O2)c1. The molecule has 1 heterocycles. The van der Waals surface area contributed by atoms with Crippen LogP contribution in [0.15, 0.2) is 12.1 Å². The number of nitrogens with one attached hydrogen (secondary N) is 1. The van der Waals surface area contributed by atoms with E-state index >= 15 is 0 Å². The maximum Gasteiger partial charge on any atom is 0.253 e. The number of ether oxygens (including phenoxy) is 1. The summed E-state index contributed by atoms with van der Waals surface area (Å²) in [5.41, 5.74) is 7.67. The molecule has 2 rings (SSSR count). The van der Waals surface area contributed by atoms with E-state index in [1.54, 1.807) is 13.0 Å². The highest BCUT2D eigenvalue weighted by atomic mass is 16.5. The zero-order chi connectivity index (χ0) is 14.0. The Labute approximate surface area is 112 Å². The standard InChI is InChI=1S/C14H20N2O3/c1-8-5-9(2)13(17)11(6-8)16-14(18)12-4-3-10(7-15)19-12/h5-6,10,12,17H,3-4,7,15H2,1-2H3,(H,16,18). The molecule has 1 fully saturated rings. The molecule has 0 aromatic heterocycles. The second-order valence-corrected chi connectivity index (χ2v) is 5.03. The van der Waals surface area contributed by atoms with Crippen LogP contribution < -0.4 is 11.1 Å². The number of rotatable bonds is 3. The Bertz CT molecular complexity index is 488. The Morgan fingerprint density at radius 3 is 2.84 bits per heavy atom. The first-order valence-electron chi connectivity index (χ1n) is 6.48. The number of phenolic OH excluding ortho intramolecular Hbond substituents is 1. The number of hydrogen-bond donors (Lipinski definition) is 3. The third-order valence-corrected chi connectivity index (χ3v) is 3.37. The predicted molar refractivity (Wildman–Crippen MR) is 73.2 cm³/mol. The largest absolute Gasteiger partial charge is 0.505 e. The van der Waals surface area contributed by atoms with E-state index in [0.29, 0.717) is 18.7 Å². The van der Waals surface area contributed by atoms with Crippen molar-refractivity contribution >= 4 is 11.6 Å². The van der Waals surface area contributed by atoms with Crippen LogP contribution in [0.3, 0.4) is 0 Å². The Morgan fingerprint density at radius 2 is 2.21 bits per heavy atom. The quantitative estimate of drug-likeness (QED) is 0.721. The molecule has 0 aliphatic carbocycles. The van der Waals surface area contributed by atoms with Crippen LogP contribution in [0.4, 0.5) is 5.69 Å². The Morgan fingerprint density at radius 1 is 1.47 bits per heavy atom. The number of anilines is 1. The van der Waals surface area contributed by atoms with Crippen LogP contribution in [0.1, 0.15) is 24.0 Å². The van der Waals surface area contributed by atoms with Gasteiger partial charge in [0.1, 0.15) is 11.9 Å². The molecule has 5 nitrogen and oxygen atoms in total. The van der Waals surface area contributed by atoms with E-state index in [1.807, 2.05) is 13.0 Å². The number of aromatic hydroxyl groups is 1. The molecule has 0 bridgehead atoms. The highest BCUT2D eigenvalue weighted by Crippen LogP contribution is 2.29. The van der Waals surface area contributed by atoms with Gasteiger partial charge in [0.2, 0.25) is 0 Å². The van der Waals surface area contributed by atoms with E-state index in [0.717, 1.165) is 17.5 Å². The van der Waals surface area contributed by atoms with Crippen LogP contribution in [0.2, 0.25) is 0 Å². The minimum absolute atomic E-state index is 0.0383. The van der Waals surface area contributed by atoms with Crippen molar-refractivity contribution in [1.29, 1.82) is 0 Å². The average Bonchev–Trinajstić information content (AvgIpc) is 2.84. The van der Waals surface area contributed by atoms with Crippen molar-refractivity contribution in [2.45, 2.75) is 38.9 Å². The summed E-state index contributed by atoms with van der Waals surface area (Å²) in [5.74, 6) is -0.122. The van der Waals surface area contributed by atoms with Crippen LogP contribution in [0, 0.1) is 13.8 Å². The van der Waals surface area contributed by atoms with Crippen LogP contribution in [0.5, 0.6) is 5.75 Å². The lowest BCUT2D eigenvalue weighted by atomic mass is 10.1. The fraction of sp³-hybridized carbons (Fsp3) is 0.500.